The van der Waals surface area contributed by atoms with E-state index in [-0.39, 0.29) is 5.92 Å². The van der Waals surface area contributed by atoms with E-state index in [0.29, 0.717) is 0 Å². The first kappa shape index (κ1) is 18.7. The molecule has 0 heteroatoms. The monoisotopic (exact) mass is 420 g/mol. The van der Waals surface area contributed by atoms with Crippen LogP contribution in [0.1, 0.15) is 44.9 Å². The van der Waals surface area contributed by atoms with Crippen molar-refractivity contribution >= 4 is 22.4 Å². The Hall–Kier alpha value is -3.90. The van der Waals surface area contributed by atoms with E-state index in [1.165, 1.54) is 66.4 Å². The van der Waals surface area contributed by atoms with Gasteiger partial charge >= 0.3 is 0 Å². The van der Waals surface area contributed by atoms with Crippen molar-refractivity contribution < 1.29 is 0 Å². The highest BCUT2D eigenvalue weighted by Gasteiger charge is 2.34. The molecule has 0 unspecified atom stereocenters. The lowest BCUT2D eigenvalue weighted by atomic mass is 9.80. The number of allylic oxidation sites excluding steroid dienone is 1. The van der Waals surface area contributed by atoms with Gasteiger partial charge in [-0.15, -0.1) is 0 Å². The van der Waals surface area contributed by atoms with Crippen LogP contribution in [0.4, 0.5) is 0 Å². The van der Waals surface area contributed by atoms with E-state index in [2.05, 4.69) is 116 Å². The van der Waals surface area contributed by atoms with Gasteiger partial charge < -0.3 is 0 Å². The van der Waals surface area contributed by atoms with Crippen molar-refractivity contribution in [2.45, 2.75) is 19.3 Å². The number of benzene rings is 5. The second-order valence-corrected chi connectivity index (χ2v) is 9.35. The van der Waals surface area contributed by atoms with Crippen LogP contribution in [0.25, 0.3) is 33.5 Å². The van der Waals surface area contributed by atoms with Crippen molar-refractivity contribution in [3.8, 4) is 11.1 Å². The molecule has 5 aromatic carbocycles. The van der Waals surface area contributed by atoms with Gasteiger partial charge in [-0.25, -0.2) is 0 Å². The van der Waals surface area contributed by atoms with Crippen molar-refractivity contribution in [2.24, 2.45) is 0 Å². The van der Waals surface area contributed by atoms with Crippen LogP contribution in [0.2, 0.25) is 0 Å². The zero-order valence-corrected chi connectivity index (χ0v) is 18.7. The summed E-state index contributed by atoms with van der Waals surface area (Å²) in [6, 6.07) is 38.2. The standard InChI is InChI=1S/C33H24/c1-21-9-8-16-29-28-14-6-7-15-30(28)33(31(21)29)32-26-13-5-4-10-22(26)17-18-27(32)25-19-23-11-2-3-12-24(23)20-25/h2-19,33H,20H2,1H3/t33-/m0/s1. The van der Waals surface area contributed by atoms with Crippen molar-refractivity contribution in [2.75, 3.05) is 0 Å². The quantitative estimate of drug-likeness (QED) is 0.264. The summed E-state index contributed by atoms with van der Waals surface area (Å²) in [4.78, 5) is 0. The molecule has 0 saturated carbocycles. The second kappa shape index (κ2) is 7.05. The third-order valence-electron chi connectivity index (χ3n) is 7.55. The molecule has 0 aliphatic heterocycles. The lowest BCUT2D eigenvalue weighted by Crippen LogP contribution is -2.06. The van der Waals surface area contributed by atoms with Crippen molar-refractivity contribution in [1.29, 1.82) is 0 Å². The average Bonchev–Trinajstić information content (AvgIpc) is 3.43. The molecule has 0 heterocycles. The Morgan fingerprint density at radius 2 is 1.39 bits per heavy atom. The Labute approximate surface area is 194 Å². The number of rotatable bonds is 2. The topological polar surface area (TPSA) is 0 Å². The molecule has 2 aliphatic rings. The van der Waals surface area contributed by atoms with Gasteiger partial charge in [0.1, 0.15) is 0 Å². The maximum Gasteiger partial charge on any atom is 0.0367 e. The van der Waals surface area contributed by atoms with Crippen LogP contribution >= 0.6 is 0 Å². The zero-order valence-electron chi connectivity index (χ0n) is 18.7. The van der Waals surface area contributed by atoms with Gasteiger partial charge in [0.25, 0.3) is 0 Å². The minimum atomic E-state index is 0.239. The molecule has 0 spiro atoms. The SMILES string of the molecule is Cc1cccc2c1[C@@H](c1c(C3=Cc4ccccc4C3)ccc3ccccc13)c1ccccc1-2. The van der Waals surface area contributed by atoms with Crippen molar-refractivity contribution in [3.05, 3.63) is 142 Å². The normalized spacial score (nSPS) is 15.8. The van der Waals surface area contributed by atoms with Crippen molar-refractivity contribution in [3.63, 3.8) is 0 Å². The summed E-state index contributed by atoms with van der Waals surface area (Å²) in [7, 11) is 0. The summed E-state index contributed by atoms with van der Waals surface area (Å²) < 4.78 is 0. The maximum atomic E-state index is 2.41. The summed E-state index contributed by atoms with van der Waals surface area (Å²) in [6.07, 6.45) is 3.40. The number of aryl methyl sites for hydroxylation is 1. The van der Waals surface area contributed by atoms with Gasteiger partial charge in [0.15, 0.2) is 0 Å². The van der Waals surface area contributed by atoms with Crippen LogP contribution in [0.5, 0.6) is 0 Å². The highest BCUT2D eigenvalue weighted by Crippen LogP contribution is 2.52. The minimum Gasteiger partial charge on any atom is -0.0619 e. The first-order valence-corrected chi connectivity index (χ1v) is 11.8. The summed E-state index contributed by atoms with van der Waals surface area (Å²) in [5.74, 6) is 0.239. The molecule has 0 N–H and O–H groups in total. The zero-order chi connectivity index (χ0) is 21.9. The molecule has 0 amide bonds. The fourth-order valence-electron chi connectivity index (χ4n) is 6.09. The van der Waals surface area contributed by atoms with Crippen LogP contribution in [0.15, 0.2) is 103 Å². The fourth-order valence-corrected chi connectivity index (χ4v) is 6.09. The molecule has 0 fully saturated rings. The van der Waals surface area contributed by atoms with E-state index < -0.39 is 0 Å². The third kappa shape index (κ3) is 2.71. The lowest BCUT2D eigenvalue weighted by Gasteiger charge is -2.23. The van der Waals surface area contributed by atoms with Crippen molar-refractivity contribution in [1.82, 2.24) is 0 Å². The summed E-state index contributed by atoms with van der Waals surface area (Å²) >= 11 is 0. The van der Waals surface area contributed by atoms with Crippen LogP contribution in [0.3, 0.4) is 0 Å². The van der Waals surface area contributed by atoms with Crippen LogP contribution in [0, 0.1) is 6.92 Å². The summed E-state index contributed by atoms with van der Waals surface area (Å²) in [5.41, 5.74) is 14.1. The number of hydrogen-bond donors (Lipinski definition) is 0. The first-order chi connectivity index (χ1) is 16.3. The van der Waals surface area contributed by atoms with Gasteiger partial charge in [-0.05, 0) is 79.8 Å². The lowest BCUT2D eigenvalue weighted by molar-refractivity contribution is 1.00. The van der Waals surface area contributed by atoms with Gasteiger partial charge in [0.2, 0.25) is 0 Å². The highest BCUT2D eigenvalue weighted by atomic mass is 14.4. The molecular formula is C33H24. The maximum absolute atomic E-state index is 2.41. The smallest absolute Gasteiger partial charge is 0.0367 e. The molecule has 0 bridgehead atoms. The Morgan fingerprint density at radius 3 is 2.33 bits per heavy atom. The largest absolute Gasteiger partial charge is 0.0619 e. The van der Waals surface area contributed by atoms with Gasteiger partial charge in [-0.2, -0.15) is 0 Å². The predicted octanol–water partition coefficient (Wildman–Crippen LogP) is 8.41. The van der Waals surface area contributed by atoms with Gasteiger partial charge in [-0.1, -0.05) is 109 Å². The van der Waals surface area contributed by atoms with E-state index in [0.717, 1.165) is 6.42 Å². The van der Waals surface area contributed by atoms with Crippen LogP contribution in [-0.4, -0.2) is 0 Å². The van der Waals surface area contributed by atoms with Gasteiger partial charge in [0.05, 0.1) is 0 Å². The van der Waals surface area contributed by atoms with Crippen LogP contribution in [-0.2, 0) is 6.42 Å². The Balaban J connectivity index is 1.56. The minimum absolute atomic E-state index is 0.239. The predicted molar refractivity (Wildman–Crippen MR) is 140 cm³/mol. The molecule has 33 heavy (non-hydrogen) atoms. The van der Waals surface area contributed by atoms with Crippen LogP contribution < -0.4 is 0 Å². The van der Waals surface area contributed by atoms with Gasteiger partial charge in [-0.3, -0.25) is 0 Å². The molecule has 156 valence electrons. The summed E-state index contributed by atoms with van der Waals surface area (Å²) in [6.45, 7) is 2.27. The van der Waals surface area contributed by atoms with Gasteiger partial charge in [0, 0.05) is 5.92 Å². The van der Waals surface area contributed by atoms with E-state index in [9.17, 15) is 0 Å². The molecule has 5 aromatic rings. The first-order valence-electron chi connectivity index (χ1n) is 11.8. The molecule has 0 saturated heterocycles. The van der Waals surface area contributed by atoms with E-state index >= 15 is 0 Å². The Bertz CT molecular complexity index is 1600. The highest BCUT2D eigenvalue weighted by molar-refractivity contribution is 5.98. The van der Waals surface area contributed by atoms with E-state index in [1.54, 1.807) is 0 Å². The molecular weight excluding hydrogens is 396 g/mol. The molecule has 2 aliphatic carbocycles. The molecule has 7 rings (SSSR count). The molecule has 1 atom stereocenters. The summed E-state index contributed by atoms with van der Waals surface area (Å²) in [5, 5.41) is 2.68. The third-order valence-corrected chi connectivity index (χ3v) is 7.55. The van der Waals surface area contributed by atoms with E-state index in [4.69, 9.17) is 0 Å². The molecule has 0 radical (unpaired) electrons. The number of fused-ring (bicyclic) bond motifs is 5. The Kier molecular flexibility index (Phi) is 3.98. The fraction of sp³-hybridized carbons (Fsp3) is 0.0909. The Morgan fingerprint density at radius 1 is 0.606 bits per heavy atom. The average molecular weight is 421 g/mol. The number of hydrogen-bond acceptors (Lipinski definition) is 0. The second-order valence-electron chi connectivity index (χ2n) is 9.35. The van der Waals surface area contributed by atoms with E-state index in [1.807, 2.05) is 0 Å². The molecule has 0 nitrogen and oxygen atoms in total. The molecule has 0 aromatic heterocycles.